The van der Waals surface area contributed by atoms with E-state index in [1.165, 1.54) is 0 Å². The van der Waals surface area contributed by atoms with Crippen molar-refractivity contribution in [2.24, 2.45) is 0 Å². The first-order valence-corrected chi connectivity index (χ1v) is 6.61. The van der Waals surface area contributed by atoms with Gasteiger partial charge in [0.25, 0.3) is 5.91 Å². The maximum absolute atomic E-state index is 11.9. The van der Waals surface area contributed by atoms with E-state index in [2.05, 4.69) is 21.2 Å². The summed E-state index contributed by atoms with van der Waals surface area (Å²) in [7, 11) is 1.60. The number of carbonyl (C=O) groups excluding carboxylic acids is 1. The Morgan fingerprint density at radius 2 is 2.12 bits per heavy atom. The summed E-state index contributed by atoms with van der Waals surface area (Å²) < 4.78 is 5.98. The van der Waals surface area contributed by atoms with Crippen LogP contribution in [0, 0.1) is 0 Å². The van der Waals surface area contributed by atoms with Gasteiger partial charge in [0.1, 0.15) is 0 Å². The molecular formula is C12H15BrClNO2. The number of benzene rings is 1. The molecule has 1 aromatic rings. The minimum absolute atomic E-state index is 0.0475. The van der Waals surface area contributed by atoms with Gasteiger partial charge in [-0.15, -0.1) is 11.6 Å². The second-order valence-corrected chi connectivity index (χ2v) is 4.90. The molecule has 5 heteroatoms. The Bertz CT molecular complexity index is 350. The highest BCUT2D eigenvalue weighted by Crippen LogP contribution is 2.10. The molecule has 17 heavy (non-hydrogen) atoms. The van der Waals surface area contributed by atoms with Crippen molar-refractivity contribution in [3.05, 3.63) is 34.3 Å². The van der Waals surface area contributed by atoms with E-state index in [4.69, 9.17) is 16.3 Å². The standard InChI is InChI=1S/C12H15BrClNO2/c1-17-8-11(6-7-14)15-12(16)9-2-4-10(13)5-3-9/h2-5,11H,6-8H2,1H3,(H,15,16). The highest BCUT2D eigenvalue weighted by Gasteiger charge is 2.12. The van der Waals surface area contributed by atoms with Crippen molar-refractivity contribution >= 4 is 33.4 Å². The average molecular weight is 321 g/mol. The zero-order valence-electron chi connectivity index (χ0n) is 9.58. The van der Waals surface area contributed by atoms with Crippen LogP contribution in [0.1, 0.15) is 16.8 Å². The van der Waals surface area contributed by atoms with E-state index in [0.29, 0.717) is 24.5 Å². The molecule has 0 heterocycles. The molecule has 1 atom stereocenters. The van der Waals surface area contributed by atoms with Crippen LogP contribution in [0.25, 0.3) is 0 Å². The Kier molecular flexibility index (Phi) is 6.55. The molecule has 0 spiro atoms. The molecule has 0 aliphatic carbocycles. The van der Waals surface area contributed by atoms with Crippen molar-refractivity contribution in [2.75, 3.05) is 19.6 Å². The first kappa shape index (κ1) is 14.5. The molecule has 94 valence electrons. The molecule has 1 unspecified atom stereocenters. The monoisotopic (exact) mass is 319 g/mol. The Hall–Kier alpha value is -0.580. The zero-order chi connectivity index (χ0) is 12.7. The molecule has 1 aromatic carbocycles. The molecular weight excluding hydrogens is 305 g/mol. The smallest absolute Gasteiger partial charge is 0.251 e. The molecule has 1 amide bonds. The van der Waals surface area contributed by atoms with E-state index in [-0.39, 0.29) is 11.9 Å². The number of hydrogen-bond acceptors (Lipinski definition) is 2. The molecule has 3 nitrogen and oxygen atoms in total. The van der Waals surface area contributed by atoms with E-state index in [0.717, 1.165) is 4.47 Å². The van der Waals surface area contributed by atoms with Crippen molar-refractivity contribution in [1.29, 1.82) is 0 Å². The number of amides is 1. The molecule has 0 aromatic heterocycles. The number of hydrogen-bond donors (Lipinski definition) is 1. The van der Waals surface area contributed by atoms with Gasteiger partial charge in [-0.25, -0.2) is 0 Å². The summed E-state index contributed by atoms with van der Waals surface area (Å²) in [6, 6.07) is 7.16. The third kappa shape index (κ3) is 5.06. The summed E-state index contributed by atoms with van der Waals surface area (Å²) in [4.78, 5) is 11.9. The fourth-order valence-corrected chi connectivity index (χ4v) is 1.93. The minimum atomic E-state index is -0.107. The fourth-order valence-electron chi connectivity index (χ4n) is 1.40. The molecule has 0 saturated carbocycles. The first-order chi connectivity index (χ1) is 8.17. The number of carbonyl (C=O) groups is 1. The van der Waals surface area contributed by atoms with Crippen LogP contribution in [0.5, 0.6) is 0 Å². The predicted molar refractivity (Wildman–Crippen MR) is 72.6 cm³/mol. The summed E-state index contributed by atoms with van der Waals surface area (Å²) in [5.41, 5.74) is 0.629. The Morgan fingerprint density at radius 1 is 1.47 bits per heavy atom. The number of alkyl halides is 1. The van der Waals surface area contributed by atoms with Gasteiger partial charge < -0.3 is 10.1 Å². The van der Waals surface area contributed by atoms with E-state index in [1.807, 2.05) is 12.1 Å². The predicted octanol–water partition coefficient (Wildman–Crippen LogP) is 2.82. The highest BCUT2D eigenvalue weighted by atomic mass is 79.9. The molecule has 0 bridgehead atoms. The quantitative estimate of drug-likeness (QED) is 0.819. The van der Waals surface area contributed by atoms with Gasteiger partial charge in [-0.05, 0) is 30.7 Å². The zero-order valence-corrected chi connectivity index (χ0v) is 11.9. The first-order valence-electron chi connectivity index (χ1n) is 5.28. The van der Waals surface area contributed by atoms with Gasteiger partial charge in [-0.3, -0.25) is 4.79 Å². The van der Waals surface area contributed by atoms with Crippen LogP contribution < -0.4 is 5.32 Å². The van der Waals surface area contributed by atoms with Crippen molar-refractivity contribution in [3.8, 4) is 0 Å². The SMILES string of the molecule is COCC(CCCl)NC(=O)c1ccc(Br)cc1. The number of rotatable bonds is 6. The molecule has 0 radical (unpaired) electrons. The topological polar surface area (TPSA) is 38.3 Å². The lowest BCUT2D eigenvalue weighted by molar-refractivity contribution is 0.0895. The lowest BCUT2D eigenvalue weighted by atomic mass is 10.2. The Morgan fingerprint density at radius 3 is 2.65 bits per heavy atom. The minimum Gasteiger partial charge on any atom is -0.383 e. The fraction of sp³-hybridized carbons (Fsp3) is 0.417. The van der Waals surface area contributed by atoms with Gasteiger partial charge in [-0.1, -0.05) is 15.9 Å². The highest BCUT2D eigenvalue weighted by molar-refractivity contribution is 9.10. The van der Waals surface area contributed by atoms with Crippen LogP contribution >= 0.6 is 27.5 Å². The number of ether oxygens (including phenoxy) is 1. The van der Waals surface area contributed by atoms with Gasteiger partial charge in [0.15, 0.2) is 0 Å². The lowest BCUT2D eigenvalue weighted by Crippen LogP contribution is -2.38. The van der Waals surface area contributed by atoms with Gasteiger partial charge in [0.05, 0.1) is 12.6 Å². The summed E-state index contributed by atoms with van der Waals surface area (Å²) in [6.45, 7) is 0.467. The summed E-state index contributed by atoms with van der Waals surface area (Å²) in [5, 5.41) is 2.89. The molecule has 0 aliphatic rings. The van der Waals surface area contributed by atoms with Crippen LogP contribution in [0.3, 0.4) is 0 Å². The molecule has 0 fully saturated rings. The summed E-state index contributed by atoms with van der Waals surface area (Å²) in [5.74, 6) is 0.388. The van der Waals surface area contributed by atoms with Gasteiger partial charge in [0.2, 0.25) is 0 Å². The van der Waals surface area contributed by atoms with Gasteiger partial charge in [0, 0.05) is 23.0 Å². The van der Waals surface area contributed by atoms with Crippen LogP contribution in [0.15, 0.2) is 28.7 Å². The van der Waals surface area contributed by atoms with Crippen molar-refractivity contribution in [2.45, 2.75) is 12.5 Å². The molecule has 1 N–H and O–H groups in total. The van der Waals surface area contributed by atoms with Crippen LogP contribution in [0.4, 0.5) is 0 Å². The van der Waals surface area contributed by atoms with E-state index >= 15 is 0 Å². The molecule has 0 saturated heterocycles. The van der Waals surface area contributed by atoms with Crippen LogP contribution in [-0.4, -0.2) is 31.5 Å². The van der Waals surface area contributed by atoms with Gasteiger partial charge >= 0.3 is 0 Å². The Labute approximate surface area is 115 Å². The maximum Gasteiger partial charge on any atom is 0.251 e. The van der Waals surface area contributed by atoms with Crippen LogP contribution in [-0.2, 0) is 4.74 Å². The number of methoxy groups -OCH3 is 1. The maximum atomic E-state index is 11.9. The van der Waals surface area contributed by atoms with E-state index in [1.54, 1.807) is 19.2 Å². The summed E-state index contributed by atoms with van der Waals surface area (Å²) in [6.07, 6.45) is 0.692. The van der Waals surface area contributed by atoms with E-state index < -0.39 is 0 Å². The summed E-state index contributed by atoms with van der Waals surface area (Å²) >= 11 is 9.00. The van der Waals surface area contributed by atoms with Crippen molar-refractivity contribution < 1.29 is 9.53 Å². The third-order valence-electron chi connectivity index (χ3n) is 2.27. The van der Waals surface area contributed by atoms with Crippen LogP contribution in [0.2, 0.25) is 0 Å². The third-order valence-corrected chi connectivity index (χ3v) is 3.01. The van der Waals surface area contributed by atoms with Crippen molar-refractivity contribution in [1.82, 2.24) is 5.32 Å². The number of nitrogens with one attached hydrogen (secondary N) is 1. The molecule has 0 aliphatic heterocycles. The number of halogens is 2. The normalized spacial score (nSPS) is 12.2. The van der Waals surface area contributed by atoms with E-state index in [9.17, 15) is 4.79 Å². The second kappa shape index (κ2) is 7.69. The van der Waals surface area contributed by atoms with Crippen molar-refractivity contribution in [3.63, 3.8) is 0 Å². The average Bonchev–Trinajstić information content (AvgIpc) is 2.30. The molecule has 1 rings (SSSR count). The Balaban J connectivity index is 2.60. The van der Waals surface area contributed by atoms with Gasteiger partial charge in [-0.2, -0.15) is 0 Å². The second-order valence-electron chi connectivity index (χ2n) is 3.61. The largest absolute Gasteiger partial charge is 0.383 e. The lowest BCUT2D eigenvalue weighted by Gasteiger charge is -2.16.